The van der Waals surface area contributed by atoms with Crippen molar-refractivity contribution in [3.05, 3.63) is 59.2 Å². The van der Waals surface area contributed by atoms with Crippen LogP contribution in [0, 0.1) is 0 Å². The Morgan fingerprint density at radius 1 is 1.08 bits per heavy atom. The minimum Gasteiger partial charge on any atom is -0.496 e. The van der Waals surface area contributed by atoms with E-state index in [2.05, 4.69) is 0 Å². The van der Waals surface area contributed by atoms with Gasteiger partial charge in [-0.25, -0.2) is 4.79 Å². The molecule has 2 aromatic carbocycles. The zero-order valence-electron chi connectivity index (χ0n) is 14.0. The highest BCUT2D eigenvalue weighted by Gasteiger charge is 2.11. The van der Waals surface area contributed by atoms with Gasteiger partial charge in [0.2, 0.25) is 0 Å². The fourth-order valence-electron chi connectivity index (χ4n) is 2.16. The summed E-state index contributed by atoms with van der Waals surface area (Å²) in [5.41, 5.74) is 1.44. The number of benzene rings is 2. The zero-order valence-corrected chi connectivity index (χ0v) is 14.0. The lowest BCUT2D eigenvalue weighted by Gasteiger charge is -2.11. The molecule has 0 N–H and O–H groups in total. The van der Waals surface area contributed by atoms with Crippen LogP contribution in [-0.2, 0) is 16.1 Å². The Morgan fingerprint density at radius 3 is 2.52 bits per heavy atom. The number of aldehydes is 1. The normalized spacial score (nSPS) is 10.0. The second kappa shape index (κ2) is 8.63. The minimum absolute atomic E-state index is 0.0538. The van der Waals surface area contributed by atoms with Crippen molar-refractivity contribution >= 4 is 18.0 Å². The van der Waals surface area contributed by atoms with Crippen molar-refractivity contribution < 1.29 is 28.6 Å². The molecule has 25 heavy (non-hydrogen) atoms. The molecule has 0 aliphatic heterocycles. The molecule has 2 rings (SSSR count). The van der Waals surface area contributed by atoms with Crippen molar-refractivity contribution in [1.82, 2.24) is 0 Å². The first kappa shape index (κ1) is 18.2. The van der Waals surface area contributed by atoms with Gasteiger partial charge in [-0.05, 0) is 37.3 Å². The molecule has 0 saturated carbocycles. The van der Waals surface area contributed by atoms with E-state index in [1.165, 1.54) is 14.0 Å². The summed E-state index contributed by atoms with van der Waals surface area (Å²) in [4.78, 5) is 34.2. The fraction of sp³-hybridized carbons (Fsp3) is 0.211. The van der Waals surface area contributed by atoms with Gasteiger partial charge < -0.3 is 14.2 Å². The van der Waals surface area contributed by atoms with Crippen molar-refractivity contribution in [3.8, 4) is 11.5 Å². The number of hydrogen-bond acceptors (Lipinski definition) is 6. The lowest BCUT2D eigenvalue weighted by atomic mass is 10.1. The quantitative estimate of drug-likeness (QED) is 0.417. The van der Waals surface area contributed by atoms with Crippen LogP contribution in [0.2, 0.25) is 0 Å². The summed E-state index contributed by atoms with van der Waals surface area (Å²) >= 11 is 0. The molecule has 0 aliphatic rings. The standard InChI is InChI=1S/C19H18O6/c1-13(21)14-7-8-17(23-2)16(9-14)11-25-19(22)12-24-18-6-4-3-5-15(18)10-20/h3-10H,11-12H2,1-2H3. The molecule has 6 nitrogen and oxygen atoms in total. The smallest absolute Gasteiger partial charge is 0.344 e. The molecule has 0 unspecified atom stereocenters. The summed E-state index contributed by atoms with van der Waals surface area (Å²) < 4.78 is 15.7. The molecule has 0 atom stereocenters. The average molecular weight is 342 g/mol. The van der Waals surface area contributed by atoms with Gasteiger partial charge in [0.15, 0.2) is 18.7 Å². The van der Waals surface area contributed by atoms with Gasteiger partial charge in [-0.1, -0.05) is 12.1 Å². The van der Waals surface area contributed by atoms with Crippen LogP contribution in [0.5, 0.6) is 11.5 Å². The molecule has 0 saturated heterocycles. The van der Waals surface area contributed by atoms with E-state index in [9.17, 15) is 14.4 Å². The molecule has 6 heteroatoms. The molecule has 130 valence electrons. The molecule has 0 amide bonds. The number of para-hydroxylation sites is 1. The molecule has 2 aromatic rings. The Hall–Kier alpha value is -3.15. The number of ketones is 1. The first-order chi connectivity index (χ1) is 12.0. The van der Waals surface area contributed by atoms with Crippen LogP contribution in [0.3, 0.4) is 0 Å². The molecular formula is C19H18O6. The third-order valence-electron chi connectivity index (χ3n) is 3.47. The maximum atomic E-state index is 11.9. The summed E-state index contributed by atoms with van der Waals surface area (Å²) in [6, 6.07) is 11.5. The molecule has 0 radical (unpaired) electrons. The number of Topliss-reactive ketones (excluding diaryl/α,β-unsaturated/α-hetero) is 1. The summed E-state index contributed by atoms with van der Waals surface area (Å²) in [7, 11) is 1.49. The zero-order chi connectivity index (χ0) is 18.2. The fourth-order valence-corrected chi connectivity index (χ4v) is 2.16. The summed E-state index contributed by atoms with van der Waals surface area (Å²) in [5.74, 6) is 0.135. The van der Waals surface area contributed by atoms with Gasteiger partial charge in [-0.15, -0.1) is 0 Å². The van der Waals surface area contributed by atoms with Crippen molar-refractivity contribution in [3.63, 3.8) is 0 Å². The number of methoxy groups -OCH3 is 1. The SMILES string of the molecule is COc1ccc(C(C)=O)cc1COC(=O)COc1ccccc1C=O. The second-order valence-corrected chi connectivity index (χ2v) is 5.19. The Kier molecular flexibility index (Phi) is 6.28. The molecule has 0 heterocycles. The van der Waals surface area contributed by atoms with E-state index in [1.807, 2.05) is 0 Å². The largest absolute Gasteiger partial charge is 0.496 e. The Morgan fingerprint density at radius 2 is 1.84 bits per heavy atom. The van der Waals surface area contributed by atoms with Gasteiger partial charge in [0.1, 0.15) is 18.1 Å². The van der Waals surface area contributed by atoms with Gasteiger partial charge >= 0.3 is 5.97 Å². The van der Waals surface area contributed by atoms with Crippen LogP contribution in [0.15, 0.2) is 42.5 Å². The highest BCUT2D eigenvalue weighted by atomic mass is 16.6. The molecule has 0 fully saturated rings. The van der Waals surface area contributed by atoms with Crippen molar-refractivity contribution in [2.24, 2.45) is 0 Å². The molecule has 0 spiro atoms. The number of carbonyl (C=O) groups is 3. The molecule has 0 bridgehead atoms. The topological polar surface area (TPSA) is 78.9 Å². The van der Waals surface area contributed by atoms with Crippen molar-refractivity contribution in [2.75, 3.05) is 13.7 Å². The van der Waals surface area contributed by atoms with Crippen LogP contribution in [-0.4, -0.2) is 31.8 Å². The van der Waals surface area contributed by atoms with Crippen LogP contribution in [0.25, 0.3) is 0 Å². The van der Waals surface area contributed by atoms with E-state index in [1.54, 1.807) is 42.5 Å². The highest BCUT2D eigenvalue weighted by Crippen LogP contribution is 2.21. The molecule has 0 aromatic heterocycles. The first-order valence-corrected chi connectivity index (χ1v) is 7.55. The van der Waals surface area contributed by atoms with E-state index in [-0.39, 0.29) is 19.0 Å². The lowest BCUT2D eigenvalue weighted by Crippen LogP contribution is -2.15. The van der Waals surface area contributed by atoms with Gasteiger partial charge in [-0.2, -0.15) is 0 Å². The van der Waals surface area contributed by atoms with Crippen molar-refractivity contribution in [1.29, 1.82) is 0 Å². The first-order valence-electron chi connectivity index (χ1n) is 7.55. The number of rotatable bonds is 8. The Balaban J connectivity index is 1.96. The third kappa shape index (κ3) is 4.91. The second-order valence-electron chi connectivity index (χ2n) is 5.19. The maximum Gasteiger partial charge on any atom is 0.344 e. The summed E-state index contributed by atoms with van der Waals surface area (Å²) in [5, 5.41) is 0. The highest BCUT2D eigenvalue weighted by molar-refractivity contribution is 5.94. The summed E-state index contributed by atoms with van der Waals surface area (Å²) in [6.07, 6.45) is 0.652. The minimum atomic E-state index is -0.601. The van der Waals surface area contributed by atoms with Gasteiger partial charge in [0.05, 0.1) is 12.7 Å². The predicted molar refractivity (Wildman–Crippen MR) is 90.1 cm³/mol. The molecular weight excluding hydrogens is 324 g/mol. The van der Waals surface area contributed by atoms with E-state index in [0.29, 0.717) is 34.5 Å². The average Bonchev–Trinajstić information content (AvgIpc) is 2.64. The van der Waals surface area contributed by atoms with Crippen LogP contribution >= 0.6 is 0 Å². The molecule has 0 aliphatic carbocycles. The van der Waals surface area contributed by atoms with Crippen molar-refractivity contribution in [2.45, 2.75) is 13.5 Å². The number of carbonyl (C=O) groups excluding carboxylic acids is 3. The number of esters is 1. The predicted octanol–water partition coefficient (Wildman–Crippen LogP) is 2.83. The summed E-state index contributed by atoms with van der Waals surface area (Å²) in [6.45, 7) is 1.07. The van der Waals surface area contributed by atoms with E-state index < -0.39 is 5.97 Å². The van der Waals surface area contributed by atoms with Crippen LogP contribution in [0.4, 0.5) is 0 Å². The third-order valence-corrected chi connectivity index (χ3v) is 3.47. The van der Waals surface area contributed by atoms with E-state index in [4.69, 9.17) is 14.2 Å². The lowest BCUT2D eigenvalue weighted by molar-refractivity contribution is -0.147. The van der Waals surface area contributed by atoms with Gasteiger partial charge in [-0.3, -0.25) is 9.59 Å². The Bertz CT molecular complexity index is 781. The van der Waals surface area contributed by atoms with Gasteiger partial charge in [0.25, 0.3) is 0 Å². The Labute approximate surface area is 145 Å². The number of hydrogen-bond donors (Lipinski definition) is 0. The van der Waals surface area contributed by atoms with Gasteiger partial charge in [0, 0.05) is 11.1 Å². The van der Waals surface area contributed by atoms with Crippen LogP contribution in [0.1, 0.15) is 33.2 Å². The van der Waals surface area contributed by atoms with Crippen LogP contribution < -0.4 is 9.47 Å². The monoisotopic (exact) mass is 342 g/mol. The maximum absolute atomic E-state index is 11.9. The number of ether oxygens (including phenoxy) is 3. The van der Waals surface area contributed by atoms with E-state index in [0.717, 1.165) is 0 Å². The van der Waals surface area contributed by atoms with E-state index >= 15 is 0 Å².